The van der Waals surface area contributed by atoms with Gasteiger partial charge in [0.2, 0.25) is 0 Å². The second-order valence-corrected chi connectivity index (χ2v) is 6.88. The van der Waals surface area contributed by atoms with Gasteiger partial charge in [0.15, 0.2) is 0 Å². The Morgan fingerprint density at radius 1 is 1.20 bits per heavy atom. The highest BCUT2D eigenvalue weighted by molar-refractivity contribution is 5.75. The number of rotatable bonds is 6. The Labute approximate surface area is 122 Å². The normalized spacial score (nSPS) is 19.2. The molecule has 1 atom stereocenters. The van der Waals surface area contributed by atoms with E-state index >= 15 is 0 Å². The molecule has 20 heavy (non-hydrogen) atoms. The molecule has 1 saturated heterocycles. The first kappa shape index (κ1) is 17.0. The molecular weight excluding hydrogens is 254 g/mol. The number of amides is 1. The maximum Gasteiger partial charge on any atom is 0.410 e. The van der Waals surface area contributed by atoms with Gasteiger partial charge in [-0.2, -0.15) is 0 Å². The average Bonchev–Trinajstić information content (AvgIpc) is 2.74. The Kier molecular flexibility index (Phi) is 6.50. The molecule has 1 aliphatic heterocycles. The van der Waals surface area contributed by atoms with Crippen LogP contribution in [-0.4, -0.2) is 35.5 Å². The topological polar surface area (TPSA) is 46.6 Å². The molecule has 0 aromatic carbocycles. The third-order valence-corrected chi connectivity index (χ3v) is 3.58. The lowest BCUT2D eigenvalue weighted by Crippen LogP contribution is -2.35. The van der Waals surface area contributed by atoms with Crippen molar-refractivity contribution in [3.05, 3.63) is 0 Å². The first-order valence-corrected chi connectivity index (χ1v) is 7.75. The molecule has 116 valence electrons. The average molecular weight is 283 g/mol. The molecule has 0 bridgehead atoms. The second kappa shape index (κ2) is 7.65. The predicted molar refractivity (Wildman–Crippen MR) is 79.7 cm³/mol. The Hall–Kier alpha value is -1.06. The van der Waals surface area contributed by atoms with Crippen molar-refractivity contribution in [3.8, 4) is 0 Å². The summed E-state index contributed by atoms with van der Waals surface area (Å²) in [6.45, 7) is 8.97. The minimum Gasteiger partial charge on any atom is -0.444 e. The molecule has 0 N–H and O–H groups in total. The second-order valence-electron chi connectivity index (χ2n) is 6.88. The van der Waals surface area contributed by atoms with Gasteiger partial charge in [0, 0.05) is 19.5 Å². The zero-order valence-corrected chi connectivity index (χ0v) is 13.4. The molecule has 1 rings (SSSR count). The molecule has 0 spiro atoms. The monoisotopic (exact) mass is 283 g/mol. The molecule has 4 heteroatoms. The van der Waals surface area contributed by atoms with Crippen LogP contribution in [0.25, 0.3) is 0 Å². The van der Waals surface area contributed by atoms with Crippen molar-refractivity contribution in [3.63, 3.8) is 0 Å². The lowest BCUT2D eigenvalue weighted by atomic mass is 10.00. The van der Waals surface area contributed by atoms with E-state index in [1.807, 2.05) is 25.7 Å². The van der Waals surface area contributed by atoms with Crippen LogP contribution in [0.15, 0.2) is 0 Å². The highest BCUT2D eigenvalue weighted by Crippen LogP contribution is 2.24. The number of hydrogen-bond acceptors (Lipinski definition) is 3. The molecule has 0 saturated carbocycles. The molecular formula is C16H29NO3. The number of unbranched alkanes of at least 4 members (excludes halogenated alkanes) is 2. The number of nitrogens with zero attached hydrogens (tertiary/aromatic N) is 1. The summed E-state index contributed by atoms with van der Waals surface area (Å²) in [5.74, 6) is 0.877. The van der Waals surface area contributed by atoms with Crippen molar-refractivity contribution in [2.45, 2.75) is 71.8 Å². The molecule has 0 radical (unpaired) electrons. The predicted octanol–water partition coefficient (Wildman–Crippen LogP) is 3.78. The summed E-state index contributed by atoms with van der Waals surface area (Å²) in [5, 5.41) is 0. The van der Waals surface area contributed by atoms with Crippen molar-refractivity contribution in [1.82, 2.24) is 4.90 Å². The molecule has 1 aliphatic rings. The van der Waals surface area contributed by atoms with E-state index in [0.29, 0.717) is 12.3 Å². The summed E-state index contributed by atoms with van der Waals surface area (Å²) < 4.78 is 5.39. The Bertz CT molecular complexity index is 333. The summed E-state index contributed by atoms with van der Waals surface area (Å²) in [5.41, 5.74) is -0.415. The zero-order valence-electron chi connectivity index (χ0n) is 13.4. The highest BCUT2D eigenvalue weighted by atomic mass is 16.6. The van der Waals surface area contributed by atoms with E-state index in [1.165, 1.54) is 0 Å². The van der Waals surface area contributed by atoms with Crippen LogP contribution < -0.4 is 0 Å². The molecule has 0 aliphatic carbocycles. The van der Waals surface area contributed by atoms with Crippen LogP contribution in [0.1, 0.15) is 66.2 Å². The van der Waals surface area contributed by atoms with Crippen LogP contribution in [0.2, 0.25) is 0 Å². The van der Waals surface area contributed by atoms with E-state index in [1.54, 1.807) is 6.92 Å². The van der Waals surface area contributed by atoms with E-state index in [2.05, 4.69) is 0 Å². The van der Waals surface area contributed by atoms with Crippen LogP contribution >= 0.6 is 0 Å². The van der Waals surface area contributed by atoms with Gasteiger partial charge in [-0.25, -0.2) is 4.79 Å². The number of Topliss-reactive ketones (excluding diaryl/α,β-unsaturated/α-hetero) is 1. The number of carbonyl (C=O) groups is 2. The smallest absolute Gasteiger partial charge is 0.410 e. The lowest BCUT2D eigenvalue weighted by molar-refractivity contribution is -0.117. The minimum atomic E-state index is -0.415. The summed E-state index contributed by atoms with van der Waals surface area (Å²) >= 11 is 0. The molecule has 0 aromatic heterocycles. The number of ketones is 1. The first-order valence-electron chi connectivity index (χ1n) is 7.75. The van der Waals surface area contributed by atoms with E-state index in [-0.39, 0.29) is 11.9 Å². The van der Waals surface area contributed by atoms with Crippen LogP contribution in [0.4, 0.5) is 4.79 Å². The highest BCUT2D eigenvalue weighted by Gasteiger charge is 2.29. The molecule has 4 nitrogen and oxygen atoms in total. The van der Waals surface area contributed by atoms with Gasteiger partial charge in [0.25, 0.3) is 0 Å². The van der Waals surface area contributed by atoms with E-state index in [4.69, 9.17) is 4.74 Å². The van der Waals surface area contributed by atoms with Crippen molar-refractivity contribution >= 4 is 11.9 Å². The van der Waals surface area contributed by atoms with Gasteiger partial charge in [-0.05, 0) is 52.9 Å². The third kappa shape index (κ3) is 6.92. The fourth-order valence-corrected chi connectivity index (χ4v) is 2.54. The summed E-state index contributed by atoms with van der Waals surface area (Å²) in [6.07, 6.45) is 6.01. The summed E-state index contributed by atoms with van der Waals surface area (Å²) in [4.78, 5) is 24.6. The van der Waals surface area contributed by atoms with Crippen molar-refractivity contribution in [2.75, 3.05) is 13.1 Å². The zero-order chi connectivity index (χ0) is 15.2. The number of hydrogen-bond donors (Lipinski definition) is 0. The van der Waals surface area contributed by atoms with E-state index in [0.717, 1.165) is 45.2 Å². The van der Waals surface area contributed by atoms with Crippen LogP contribution in [0.5, 0.6) is 0 Å². The fourth-order valence-electron chi connectivity index (χ4n) is 2.54. The summed E-state index contributed by atoms with van der Waals surface area (Å²) in [7, 11) is 0. The van der Waals surface area contributed by atoms with Gasteiger partial charge in [0.1, 0.15) is 11.4 Å². The van der Waals surface area contributed by atoms with Gasteiger partial charge < -0.3 is 14.4 Å². The van der Waals surface area contributed by atoms with Crippen LogP contribution in [0.3, 0.4) is 0 Å². The third-order valence-electron chi connectivity index (χ3n) is 3.58. The number of ether oxygens (including phenoxy) is 1. The van der Waals surface area contributed by atoms with Gasteiger partial charge in [0.05, 0.1) is 0 Å². The quantitative estimate of drug-likeness (QED) is 0.697. The maximum absolute atomic E-state index is 11.9. The molecule has 1 heterocycles. The van der Waals surface area contributed by atoms with Crippen molar-refractivity contribution < 1.29 is 14.3 Å². The van der Waals surface area contributed by atoms with Gasteiger partial charge in [-0.15, -0.1) is 0 Å². The number of likely N-dealkylation sites (tertiary alicyclic amines) is 1. The standard InChI is InChI=1S/C16H29NO3/c1-13(18)8-6-5-7-9-14-10-11-17(12-14)15(19)20-16(2,3)4/h14H,5-12H2,1-4H3. The number of carbonyl (C=O) groups excluding carboxylic acids is 2. The molecule has 1 amide bonds. The summed E-state index contributed by atoms with van der Waals surface area (Å²) in [6, 6.07) is 0. The van der Waals surface area contributed by atoms with Crippen molar-refractivity contribution in [2.24, 2.45) is 5.92 Å². The van der Waals surface area contributed by atoms with E-state index < -0.39 is 5.60 Å². The minimum absolute atomic E-state index is 0.184. The first-order chi connectivity index (χ1) is 9.28. The Morgan fingerprint density at radius 3 is 2.50 bits per heavy atom. The van der Waals surface area contributed by atoms with Gasteiger partial charge in [-0.3, -0.25) is 0 Å². The van der Waals surface area contributed by atoms with Crippen LogP contribution in [0, 0.1) is 5.92 Å². The van der Waals surface area contributed by atoms with Gasteiger partial charge in [-0.1, -0.05) is 12.8 Å². The van der Waals surface area contributed by atoms with Crippen LogP contribution in [-0.2, 0) is 9.53 Å². The molecule has 1 unspecified atom stereocenters. The Morgan fingerprint density at radius 2 is 1.90 bits per heavy atom. The van der Waals surface area contributed by atoms with Crippen molar-refractivity contribution in [1.29, 1.82) is 0 Å². The fraction of sp³-hybridized carbons (Fsp3) is 0.875. The van der Waals surface area contributed by atoms with Gasteiger partial charge >= 0.3 is 6.09 Å². The largest absolute Gasteiger partial charge is 0.444 e. The lowest BCUT2D eigenvalue weighted by Gasteiger charge is -2.24. The van der Waals surface area contributed by atoms with E-state index in [9.17, 15) is 9.59 Å². The molecule has 0 aromatic rings. The Balaban J connectivity index is 2.16. The SMILES string of the molecule is CC(=O)CCCCCC1CCN(C(=O)OC(C)(C)C)C1. The molecule has 1 fully saturated rings. The maximum atomic E-state index is 11.9.